The lowest BCUT2D eigenvalue weighted by Crippen LogP contribution is -2.30. The van der Waals surface area contributed by atoms with Crippen molar-refractivity contribution in [2.75, 3.05) is 13.2 Å². The van der Waals surface area contributed by atoms with Gasteiger partial charge in [-0.05, 0) is 89.9 Å². The summed E-state index contributed by atoms with van der Waals surface area (Å²) >= 11 is 0. The Morgan fingerprint density at radius 1 is 0.333 bits per heavy atom. The molecule has 0 aromatic rings. The molecule has 6 heteroatoms. The Kier molecular flexibility index (Phi) is 46.9. The molecule has 0 aliphatic heterocycles. The molecule has 0 aliphatic rings. The Bertz CT molecular complexity index is 1060. The topological polar surface area (TPSA) is 78.9 Å². The minimum atomic E-state index is -0.792. The maximum atomic E-state index is 12.8. The van der Waals surface area contributed by atoms with Crippen LogP contribution in [0.4, 0.5) is 0 Å². The molecule has 60 heavy (non-hydrogen) atoms. The number of hydrogen-bond donors (Lipinski definition) is 0. The van der Waals surface area contributed by atoms with Crippen LogP contribution in [0.2, 0.25) is 0 Å². The van der Waals surface area contributed by atoms with Crippen molar-refractivity contribution in [3.05, 3.63) is 48.6 Å². The molecule has 0 amide bonds. The first-order chi connectivity index (χ1) is 29.5. The summed E-state index contributed by atoms with van der Waals surface area (Å²) in [6, 6.07) is 0. The number of hydrogen-bond acceptors (Lipinski definition) is 6. The van der Waals surface area contributed by atoms with E-state index in [9.17, 15) is 14.4 Å². The SMILES string of the molecule is CCCC/C=C\C=C/CCCCCC(=O)OCC(COC(=O)CCCCCCC/C=C\CCCCCCCCCCC)OC(=O)CCCCC/C=C\CCCCCCCC. The number of allylic oxidation sites excluding steroid dienone is 8. The maximum absolute atomic E-state index is 12.8. The molecule has 0 bridgehead atoms. The number of unbranched alkanes of at least 4 members (excludes halogenated alkanes) is 28. The van der Waals surface area contributed by atoms with Gasteiger partial charge in [0, 0.05) is 19.3 Å². The first kappa shape index (κ1) is 57.4. The lowest BCUT2D eigenvalue weighted by Gasteiger charge is -2.18. The highest BCUT2D eigenvalue weighted by atomic mass is 16.6. The third-order valence-electron chi connectivity index (χ3n) is 11.1. The second kappa shape index (κ2) is 49.0. The van der Waals surface area contributed by atoms with Gasteiger partial charge in [-0.15, -0.1) is 0 Å². The Morgan fingerprint density at radius 2 is 0.617 bits per heavy atom. The maximum Gasteiger partial charge on any atom is 0.306 e. The van der Waals surface area contributed by atoms with E-state index in [1.165, 1.54) is 128 Å². The molecule has 0 saturated carbocycles. The standard InChI is InChI=1S/C54H96O6/c1-4-7-10-13-16-19-22-24-25-26-27-28-30-32-35-38-41-44-47-53(56)59-50-51(49-58-52(55)46-43-40-37-34-31-21-18-15-12-9-6-3)60-54(57)48-45-42-39-36-33-29-23-20-17-14-11-8-5-2/h15,18,21,27-29,31,33,51H,4-14,16-17,19-20,22-26,30,32,34-50H2,1-3H3/b18-15-,28-27-,31-21-,33-29-. The number of carbonyl (C=O) groups excluding carboxylic acids is 3. The summed E-state index contributed by atoms with van der Waals surface area (Å²) in [7, 11) is 0. The quantitative estimate of drug-likeness (QED) is 0.0200. The molecule has 0 aliphatic carbocycles. The van der Waals surface area contributed by atoms with E-state index in [0.29, 0.717) is 19.3 Å². The first-order valence-corrected chi connectivity index (χ1v) is 25.7. The molecule has 6 nitrogen and oxygen atoms in total. The van der Waals surface area contributed by atoms with Crippen LogP contribution in [0.5, 0.6) is 0 Å². The highest BCUT2D eigenvalue weighted by Gasteiger charge is 2.19. The van der Waals surface area contributed by atoms with Gasteiger partial charge in [-0.1, -0.05) is 198 Å². The molecule has 1 atom stereocenters. The highest BCUT2D eigenvalue weighted by molar-refractivity contribution is 5.71. The molecular weight excluding hydrogens is 745 g/mol. The van der Waals surface area contributed by atoms with Gasteiger partial charge in [0.1, 0.15) is 13.2 Å². The average molecular weight is 841 g/mol. The fourth-order valence-corrected chi connectivity index (χ4v) is 7.11. The van der Waals surface area contributed by atoms with E-state index < -0.39 is 6.10 Å². The van der Waals surface area contributed by atoms with E-state index in [0.717, 1.165) is 89.9 Å². The van der Waals surface area contributed by atoms with Gasteiger partial charge >= 0.3 is 17.9 Å². The summed E-state index contributed by atoms with van der Waals surface area (Å²) in [5, 5.41) is 0. The summed E-state index contributed by atoms with van der Waals surface area (Å²) in [5.74, 6) is -0.940. The minimum absolute atomic E-state index is 0.0914. The van der Waals surface area contributed by atoms with Crippen LogP contribution < -0.4 is 0 Å². The lowest BCUT2D eigenvalue weighted by atomic mass is 10.1. The van der Waals surface area contributed by atoms with Gasteiger partial charge < -0.3 is 14.2 Å². The Balaban J connectivity index is 4.38. The normalized spacial score (nSPS) is 12.4. The minimum Gasteiger partial charge on any atom is -0.462 e. The van der Waals surface area contributed by atoms with Crippen molar-refractivity contribution in [1.82, 2.24) is 0 Å². The van der Waals surface area contributed by atoms with Gasteiger partial charge in [-0.2, -0.15) is 0 Å². The smallest absolute Gasteiger partial charge is 0.306 e. The van der Waals surface area contributed by atoms with E-state index in [1.807, 2.05) is 0 Å². The van der Waals surface area contributed by atoms with Crippen LogP contribution in [-0.4, -0.2) is 37.2 Å². The van der Waals surface area contributed by atoms with Gasteiger partial charge in [0.05, 0.1) is 0 Å². The van der Waals surface area contributed by atoms with Crippen LogP contribution in [-0.2, 0) is 28.6 Å². The molecule has 0 aromatic carbocycles. The molecule has 0 saturated heterocycles. The summed E-state index contributed by atoms with van der Waals surface area (Å²) in [6.07, 6.45) is 58.1. The second-order valence-electron chi connectivity index (χ2n) is 17.1. The monoisotopic (exact) mass is 841 g/mol. The van der Waals surface area contributed by atoms with Crippen LogP contribution >= 0.6 is 0 Å². The fourth-order valence-electron chi connectivity index (χ4n) is 7.11. The Labute approximate surface area is 371 Å². The zero-order chi connectivity index (χ0) is 43.7. The van der Waals surface area contributed by atoms with Crippen LogP contribution in [0, 0.1) is 0 Å². The summed E-state index contributed by atoms with van der Waals surface area (Å²) in [4.78, 5) is 37.9. The number of carbonyl (C=O) groups is 3. The van der Waals surface area contributed by atoms with Crippen LogP contribution in [0.25, 0.3) is 0 Å². The van der Waals surface area contributed by atoms with Crippen molar-refractivity contribution >= 4 is 17.9 Å². The summed E-state index contributed by atoms with van der Waals surface area (Å²) in [6.45, 7) is 6.54. The van der Waals surface area contributed by atoms with Crippen molar-refractivity contribution in [2.24, 2.45) is 0 Å². The van der Waals surface area contributed by atoms with E-state index in [2.05, 4.69) is 69.4 Å². The zero-order valence-electron chi connectivity index (χ0n) is 39.7. The highest BCUT2D eigenvalue weighted by Crippen LogP contribution is 2.14. The molecule has 0 rings (SSSR count). The van der Waals surface area contributed by atoms with Crippen molar-refractivity contribution in [3.8, 4) is 0 Å². The van der Waals surface area contributed by atoms with Crippen LogP contribution in [0.15, 0.2) is 48.6 Å². The largest absolute Gasteiger partial charge is 0.462 e. The molecule has 0 fully saturated rings. The van der Waals surface area contributed by atoms with E-state index in [-0.39, 0.29) is 31.1 Å². The lowest BCUT2D eigenvalue weighted by molar-refractivity contribution is -0.167. The summed E-state index contributed by atoms with van der Waals surface area (Å²) < 4.78 is 16.7. The number of esters is 3. The van der Waals surface area contributed by atoms with Crippen molar-refractivity contribution in [2.45, 2.75) is 264 Å². The predicted octanol–water partition coefficient (Wildman–Crippen LogP) is 16.7. The van der Waals surface area contributed by atoms with Crippen molar-refractivity contribution in [1.29, 1.82) is 0 Å². The number of ether oxygens (including phenoxy) is 3. The third-order valence-corrected chi connectivity index (χ3v) is 11.1. The molecule has 0 N–H and O–H groups in total. The molecule has 1 unspecified atom stereocenters. The average Bonchev–Trinajstić information content (AvgIpc) is 3.24. The van der Waals surface area contributed by atoms with Crippen LogP contribution in [0.1, 0.15) is 258 Å². The van der Waals surface area contributed by atoms with Crippen LogP contribution in [0.3, 0.4) is 0 Å². The second-order valence-corrected chi connectivity index (χ2v) is 17.1. The molecule has 0 radical (unpaired) electrons. The predicted molar refractivity (Wildman–Crippen MR) is 256 cm³/mol. The first-order valence-electron chi connectivity index (χ1n) is 25.7. The molecule has 0 heterocycles. The van der Waals surface area contributed by atoms with Gasteiger partial charge in [-0.25, -0.2) is 0 Å². The van der Waals surface area contributed by atoms with Gasteiger partial charge in [0.15, 0.2) is 6.10 Å². The van der Waals surface area contributed by atoms with Gasteiger partial charge in [0.2, 0.25) is 0 Å². The van der Waals surface area contributed by atoms with Crippen molar-refractivity contribution in [3.63, 3.8) is 0 Å². The van der Waals surface area contributed by atoms with Gasteiger partial charge in [0.25, 0.3) is 0 Å². The zero-order valence-corrected chi connectivity index (χ0v) is 39.7. The van der Waals surface area contributed by atoms with E-state index in [4.69, 9.17) is 14.2 Å². The molecule has 348 valence electrons. The number of rotatable bonds is 46. The Hall–Kier alpha value is -2.63. The molecule has 0 aromatic heterocycles. The summed E-state index contributed by atoms with van der Waals surface area (Å²) in [5.41, 5.74) is 0. The molecule has 0 spiro atoms. The van der Waals surface area contributed by atoms with Gasteiger partial charge in [-0.3, -0.25) is 14.4 Å². The molecular formula is C54H96O6. The fraction of sp³-hybridized carbons (Fsp3) is 0.796. The van der Waals surface area contributed by atoms with E-state index >= 15 is 0 Å². The van der Waals surface area contributed by atoms with Crippen molar-refractivity contribution < 1.29 is 28.6 Å². The van der Waals surface area contributed by atoms with E-state index in [1.54, 1.807) is 0 Å². The third kappa shape index (κ3) is 46.4. The Morgan fingerprint density at radius 3 is 1.00 bits per heavy atom.